The molecule has 0 heterocycles. The van der Waals surface area contributed by atoms with Crippen LogP contribution in [0.3, 0.4) is 0 Å². The molecule has 1 amide bonds. The lowest BCUT2D eigenvalue weighted by Crippen LogP contribution is -2.35. The Morgan fingerprint density at radius 3 is 2.79 bits per heavy atom. The van der Waals surface area contributed by atoms with Gasteiger partial charge in [-0.1, -0.05) is 13.0 Å². The number of nitrogens with one attached hydrogen (secondary N) is 1. The topological polar surface area (TPSA) is 58.4 Å². The Hall–Kier alpha value is -1.46. The molecule has 0 fully saturated rings. The lowest BCUT2D eigenvalue weighted by atomic mass is 10.1. The third-order valence-electron chi connectivity index (χ3n) is 2.81. The van der Waals surface area contributed by atoms with Crippen molar-refractivity contribution in [3.8, 4) is 0 Å². The van der Waals surface area contributed by atoms with Crippen LogP contribution < -0.4 is 11.1 Å². The van der Waals surface area contributed by atoms with Gasteiger partial charge in [-0.3, -0.25) is 9.69 Å². The zero-order chi connectivity index (χ0) is 14.3. The maximum Gasteiger partial charge on any atom is 0.234 e. The quantitative estimate of drug-likeness (QED) is 0.781. The Balaban J connectivity index is 2.58. The number of nitrogens with two attached hydrogens (primary N) is 1. The second-order valence-electron chi connectivity index (χ2n) is 4.64. The monoisotopic (exact) mass is 267 g/mol. The van der Waals surface area contributed by atoms with Crippen LogP contribution in [0.15, 0.2) is 18.2 Å². The molecular weight excluding hydrogens is 245 g/mol. The SMILES string of the molecule is CCCNC(=O)CN(C)Cc1cc(F)ccc1CN. The molecule has 0 radical (unpaired) electrons. The van der Waals surface area contributed by atoms with Gasteiger partial charge in [0.05, 0.1) is 6.54 Å². The Kier molecular flexibility index (Phi) is 6.45. The number of rotatable bonds is 7. The molecule has 0 saturated heterocycles. The van der Waals surface area contributed by atoms with Crippen molar-refractivity contribution in [3.05, 3.63) is 35.1 Å². The lowest BCUT2D eigenvalue weighted by Gasteiger charge is -2.18. The molecule has 4 nitrogen and oxygen atoms in total. The van der Waals surface area contributed by atoms with Crippen LogP contribution in [-0.4, -0.2) is 30.9 Å². The maximum atomic E-state index is 13.2. The van der Waals surface area contributed by atoms with E-state index in [1.165, 1.54) is 12.1 Å². The number of halogens is 1. The first-order chi connectivity index (χ1) is 9.06. The molecular formula is C14H22FN3O. The summed E-state index contributed by atoms with van der Waals surface area (Å²) in [4.78, 5) is 13.4. The molecule has 1 aromatic rings. The number of likely N-dealkylation sites (N-methyl/N-ethyl adjacent to an activating group) is 1. The number of carbonyl (C=O) groups is 1. The second-order valence-corrected chi connectivity index (χ2v) is 4.64. The van der Waals surface area contributed by atoms with Crippen LogP contribution in [0.5, 0.6) is 0 Å². The fraction of sp³-hybridized carbons (Fsp3) is 0.500. The second kappa shape index (κ2) is 7.86. The zero-order valence-corrected chi connectivity index (χ0v) is 11.6. The highest BCUT2D eigenvalue weighted by Gasteiger charge is 2.09. The van der Waals surface area contributed by atoms with Gasteiger partial charge in [0.25, 0.3) is 0 Å². The van der Waals surface area contributed by atoms with Crippen molar-refractivity contribution >= 4 is 5.91 Å². The van der Waals surface area contributed by atoms with Crippen LogP contribution in [0.4, 0.5) is 4.39 Å². The molecule has 0 bridgehead atoms. The Bertz CT molecular complexity index is 423. The molecule has 1 aromatic carbocycles. The summed E-state index contributed by atoms with van der Waals surface area (Å²) in [6.45, 7) is 3.85. The van der Waals surface area contributed by atoms with E-state index in [0.717, 1.165) is 17.5 Å². The van der Waals surface area contributed by atoms with E-state index in [-0.39, 0.29) is 11.7 Å². The predicted molar refractivity (Wildman–Crippen MR) is 73.9 cm³/mol. The van der Waals surface area contributed by atoms with Crippen molar-refractivity contribution in [2.75, 3.05) is 20.1 Å². The first-order valence-electron chi connectivity index (χ1n) is 6.49. The molecule has 0 atom stereocenters. The molecule has 0 aliphatic carbocycles. The van der Waals surface area contributed by atoms with Crippen molar-refractivity contribution in [2.24, 2.45) is 5.73 Å². The Morgan fingerprint density at radius 1 is 1.42 bits per heavy atom. The Morgan fingerprint density at radius 2 is 2.16 bits per heavy atom. The van der Waals surface area contributed by atoms with Crippen LogP contribution in [0.2, 0.25) is 0 Å². The number of hydrogen-bond donors (Lipinski definition) is 2. The smallest absolute Gasteiger partial charge is 0.234 e. The first kappa shape index (κ1) is 15.6. The third kappa shape index (κ3) is 5.36. The fourth-order valence-electron chi connectivity index (χ4n) is 1.85. The summed E-state index contributed by atoms with van der Waals surface area (Å²) >= 11 is 0. The highest BCUT2D eigenvalue weighted by Crippen LogP contribution is 2.12. The molecule has 5 heteroatoms. The zero-order valence-electron chi connectivity index (χ0n) is 11.6. The van der Waals surface area contributed by atoms with Gasteiger partial charge in [-0.2, -0.15) is 0 Å². The van der Waals surface area contributed by atoms with Crippen molar-refractivity contribution < 1.29 is 9.18 Å². The molecule has 0 aliphatic heterocycles. The summed E-state index contributed by atoms with van der Waals surface area (Å²) in [5.74, 6) is -0.300. The van der Waals surface area contributed by atoms with E-state index in [1.54, 1.807) is 6.07 Å². The van der Waals surface area contributed by atoms with E-state index in [4.69, 9.17) is 5.73 Å². The standard InChI is InChI=1S/C14H22FN3O/c1-3-6-17-14(19)10-18(2)9-12-7-13(15)5-4-11(12)8-16/h4-5,7H,3,6,8-10,16H2,1-2H3,(H,17,19). The molecule has 0 spiro atoms. The van der Waals surface area contributed by atoms with E-state index < -0.39 is 0 Å². The van der Waals surface area contributed by atoms with Gasteiger partial charge in [0, 0.05) is 19.6 Å². The summed E-state index contributed by atoms with van der Waals surface area (Å²) in [5.41, 5.74) is 7.36. The molecule has 106 valence electrons. The van der Waals surface area contributed by atoms with Crippen molar-refractivity contribution in [2.45, 2.75) is 26.4 Å². The minimum atomic E-state index is -0.281. The van der Waals surface area contributed by atoms with Crippen LogP contribution in [-0.2, 0) is 17.9 Å². The van der Waals surface area contributed by atoms with Crippen LogP contribution in [0, 0.1) is 5.82 Å². The molecule has 0 saturated carbocycles. The average molecular weight is 267 g/mol. The summed E-state index contributed by atoms with van der Waals surface area (Å²) in [7, 11) is 1.83. The number of hydrogen-bond acceptors (Lipinski definition) is 3. The molecule has 19 heavy (non-hydrogen) atoms. The average Bonchev–Trinajstić information content (AvgIpc) is 2.36. The first-order valence-corrected chi connectivity index (χ1v) is 6.49. The van der Waals surface area contributed by atoms with Crippen molar-refractivity contribution in [1.82, 2.24) is 10.2 Å². The molecule has 1 rings (SSSR count). The Labute approximate surface area is 113 Å². The van der Waals surface area contributed by atoms with Crippen LogP contribution >= 0.6 is 0 Å². The van der Waals surface area contributed by atoms with Gasteiger partial charge in [0.2, 0.25) is 5.91 Å². The predicted octanol–water partition coefficient (Wildman–Crippen LogP) is 1.24. The fourth-order valence-corrected chi connectivity index (χ4v) is 1.85. The third-order valence-corrected chi connectivity index (χ3v) is 2.81. The number of benzene rings is 1. The largest absolute Gasteiger partial charge is 0.355 e. The molecule has 3 N–H and O–H groups in total. The van der Waals surface area contributed by atoms with E-state index in [9.17, 15) is 9.18 Å². The molecule has 0 unspecified atom stereocenters. The van der Waals surface area contributed by atoms with Gasteiger partial charge < -0.3 is 11.1 Å². The summed E-state index contributed by atoms with van der Waals surface area (Å²) < 4.78 is 13.2. The molecule has 0 aromatic heterocycles. The summed E-state index contributed by atoms with van der Waals surface area (Å²) in [6.07, 6.45) is 0.913. The van der Waals surface area contributed by atoms with E-state index >= 15 is 0 Å². The van der Waals surface area contributed by atoms with Gasteiger partial charge in [0.1, 0.15) is 5.82 Å². The highest BCUT2D eigenvalue weighted by atomic mass is 19.1. The van der Waals surface area contributed by atoms with Gasteiger partial charge >= 0.3 is 0 Å². The van der Waals surface area contributed by atoms with E-state index in [0.29, 0.717) is 26.2 Å². The van der Waals surface area contributed by atoms with Gasteiger partial charge in [0.15, 0.2) is 0 Å². The van der Waals surface area contributed by atoms with Crippen LogP contribution in [0.25, 0.3) is 0 Å². The lowest BCUT2D eigenvalue weighted by molar-refractivity contribution is -0.122. The van der Waals surface area contributed by atoms with Crippen molar-refractivity contribution in [1.29, 1.82) is 0 Å². The molecule has 0 aliphatic rings. The van der Waals surface area contributed by atoms with Crippen LogP contribution in [0.1, 0.15) is 24.5 Å². The van der Waals surface area contributed by atoms with E-state index in [1.807, 2.05) is 18.9 Å². The highest BCUT2D eigenvalue weighted by molar-refractivity contribution is 5.77. The summed E-state index contributed by atoms with van der Waals surface area (Å²) in [5, 5.41) is 2.81. The van der Waals surface area contributed by atoms with E-state index in [2.05, 4.69) is 5.32 Å². The summed E-state index contributed by atoms with van der Waals surface area (Å²) in [6, 6.07) is 4.57. The van der Waals surface area contributed by atoms with Gasteiger partial charge in [-0.15, -0.1) is 0 Å². The maximum absolute atomic E-state index is 13.2. The minimum Gasteiger partial charge on any atom is -0.355 e. The number of nitrogens with zero attached hydrogens (tertiary/aromatic N) is 1. The van der Waals surface area contributed by atoms with Gasteiger partial charge in [-0.05, 0) is 36.7 Å². The minimum absolute atomic E-state index is 0.0185. The van der Waals surface area contributed by atoms with Crippen molar-refractivity contribution in [3.63, 3.8) is 0 Å². The van der Waals surface area contributed by atoms with Gasteiger partial charge in [-0.25, -0.2) is 4.39 Å². The number of amides is 1. The number of carbonyl (C=O) groups excluding carboxylic acids is 1. The normalized spacial score (nSPS) is 10.8.